The van der Waals surface area contributed by atoms with E-state index in [2.05, 4.69) is 20.9 Å². The largest absolute Gasteiger partial charge is 0.372 e. The van der Waals surface area contributed by atoms with Crippen LogP contribution in [-0.2, 0) is 4.79 Å². The maximum absolute atomic E-state index is 11.1. The van der Waals surface area contributed by atoms with Crippen LogP contribution in [0, 0.1) is 0 Å². The highest BCUT2D eigenvalue weighted by Gasteiger charge is 2.27. The lowest BCUT2D eigenvalue weighted by Crippen LogP contribution is -2.56. The van der Waals surface area contributed by atoms with Crippen molar-refractivity contribution in [1.29, 1.82) is 0 Å². The molecule has 0 aromatic rings. The number of nitrogens with one attached hydrogen (secondary N) is 3. The van der Waals surface area contributed by atoms with Crippen molar-refractivity contribution in [2.45, 2.75) is 6.04 Å². The third kappa shape index (κ3) is 2.26. The Morgan fingerprint density at radius 3 is 2.85 bits per heavy atom. The monoisotopic (exact) mass is 224 g/mol. The van der Waals surface area contributed by atoms with Gasteiger partial charge in [0.2, 0.25) is 0 Å². The number of amidine groups is 1. The van der Waals surface area contributed by atoms with Crippen molar-refractivity contribution in [3.05, 3.63) is 12.4 Å². The molecule has 2 heterocycles. The minimum atomic E-state index is -0.325. The lowest BCUT2D eigenvalue weighted by molar-refractivity contribution is -0.121. The maximum Gasteiger partial charge on any atom is 0.251 e. The van der Waals surface area contributed by atoms with Gasteiger partial charge in [-0.1, -0.05) is 0 Å². The van der Waals surface area contributed by atoms with Crippen LogP contribution in [0.2, 0.25) is 0 Å². The molecule has 3 N–H and O–H groups in total. The molecule has 0 aromatic carbocycles. The Labute approximate surface area is 87.9 Å². The Hall–Kier alpha value is -0.940. The van der Waals surface area contributed by atoms with Crippen molar-refractivity contribution < 1.29 is 4.79 Å². The molecule has 1 unspecified atom stereocenters. The predicted octanol–water partition coefficient (Wildman–Crippen LogP) is -0.652. The maximum atomic E-state index is 11.1. The molecular weight excluding hydrogens is 215 g/mol. The van der Waals surface area contributed by atoms with Crippen LogP contribution in [0.4, 0.5) is 0 Å². The first-order valence-corrected chi connectivity index (χ1v) is 3.37. The number of nitrogens with zero attached hydrogens (tertiary/aromatic N) is 1. The molecule has 2 aliphatic rings. The summed E-state index contributed by atoms with van der Waals surface area (Å²) >= 11 is 0. The van der Waals surface area contributed by atoms with Crippen molar-refractivity contribution in [2.24, 2.45) is 4.99 Å². The summed E-state index contributed by atoms with van der Waals surface area (Å²) in [7, 11) is 0. The molecule has 2 rings (SSSR count). The summed E-state index contributed by atoms with van der Waals surface area (Å²) in [5, 5.41) is 8.40. The number of hydrogen-bond donors (Lipinski definition) is 3. The van der Waals surface area contributed by atoms with E-state index in [0.717, 1.165) is 0 Å². The molecule has 0 spiro atoms. The Bertz CT molecular complexity index is 253. The molecule has 0 bridgehead atoms. The molecule has 0 saturated heterocycles. The zero-order chi connectivity index (χ0) is 7.68. The summed E-state index contributed by atoms with van der Waals surface area (Å²) in [6.07, 6.45) is 3.41. The Morgan fingerprint density at radius 2 is 2.15 bits per heavy atom. The normalized spacial score (nSPS) is 23.2. The van der Waals surface area contributed by atoms with E-state index in [0.29, 0.717) is 12.5 Å². The van der Waals surface area contributed by atoms with Gasteiger partial charge in [0.15, 0.2) is 6.04 Å². The van der Waals surface area contributed by atoms with Crippen molar-refractivity contribution >= 4 is 36.6 Å². The van der Waals surface area contributed by atoms with Gasteiger partial charge in [-0.05, 0) is 0 Å². The van der Waals surface area contributed by atoms with Gasteiger partial charge >= 0.3 is 0 Å². The molecule has 0 aromatic heterocycles. The van der Waals surface area contributed by atoms with E-state index in [1.54, 1.807) is 12.4 Å². The van der Waals surface area contributed by atoms with Crippen LogP contribution in [-0.4, -0.2) is 24.5 Å². The molecule has 0 radical (unpaired) electrons. The van der Waals surface area contributed by atoms with E-state index in [1.807, 2.05) is 0 Å². The number of fused-ring (bicyclic) bond motifs is 1. The average molecular weight is 225 g/mol. The van der Waals surface area contributed by atoms with Gasteiger partial charge in [-0.2, -0.15) is 0 Å². The van der Waals surface area contributed by atoms with Gasteiger partial charge in [0.05, 0.1) is 0 Å². The minimum Gasteiger partial charge on any atom is -0.372 e. The molecule has 0 saturated carbocycles. The number of hydrogen-bond acceptors (Lipinski definition) is 4. The van der Waals surface area contributed by atoms with E-state index >= 15 is 0 Å². The van der Waals surface area contributed by atoms with Crippen molar-refractivity contribution in [1.82, 2.24) is 16.0 Å². The molecule has 74 valence electrons. The average Bonchev–Trinajstić information content (AvgIpc) is 2.06. The zero-order valence-corrected chi connectivity index (χ0v) is 8.24. The standard InChI is InChI=1S/C6H8N4O.2ClH/c11-6-4-5(9-3-10-6)8-2-1-7-4;;/h1-2,4,7H,3H2,(H,8,9)(H,10,11);2*1H. The fourth-order valence-corrected chi connectivity index (χ4v) is 1.08. The number of amides is 1. The van der Waals surface area contributed by atoms with Crippen LogP contribution in [0.5, 0.6) is 0 Å². The summed E-state index contributed by atoms with van der Waals surface area (Å²) in [5.74, 6) is 0.656. The molecular formula is C6H10Cl2N4O. The van der Waals surface area contributed by atoms with Crippen LogP contribution >= 0.6 is 24.8 Å². The van der Waals surface area contributed by atoms with Crippen LogP contribution < -0.4 is 16.0 Å². The third-order valence-electron chi connectivity index (χ3n) is 1.62. The van der Waals surface area contributed by atoms with Gasteiger partial charge in [0.1, 0.15) is 12.5 Å². The summed E-state index contributed by atoms with van der Waals surface area (Å²) < 4.78 is 0. The summed E-state index contributed by atoms with van der Waals surface area (Å²) in [4.78, 5) is 15.2. The second-order valence-corrected chi connectivity index (χ2v) is 2.32. The van der Waals surface area contributed by atoms with Crippen molar-refractivity contribution in [3.63, 3.8) is 0 Å². The number of carbonyl (C=O) groups is 1. The number of carbonyl (C=O) groups excluding carboxylic acids is 1. The number of rotatable bonds is 0. The molecule has 1 atom stereocenters. The van der Waals surface area contributed by atoms with Crippen LogP contribution in [0.3, 0.4) is 0 Å². The Balaban J connectivity index is 0.000000720. The molecule has 1 amide bonds. The molecule has 5 nitrogen and oxygen atoms in total. The highest BCUT2D eigenvalue weighted by atomic mass is 35.5. The molecule has 0 fully saturated rings. The molecule has 13 heavy (non-hydrogen) atoms. The second-order valence-electron chi connectivity index (χ2n) is 2.32. The zero-order valence-electron chi connectivity index (χ0n) is 6.61. The van der Waals surface area contributed by atoms with E-state index < -0.39 is 0 Å². The fraction of sp³-hybridized carbons (Fsp3) is 0.333. The van der Waals surface area contributed by atoms with Gasteiger partial charge in [0, 0.05) is 12.4 Å². The second kappa shape index (κ2) is 4.94. The van der Waals surface area contributed by atoms with Crippen LogP contribution in [0.15, 0.2) is 17.4 Å². The first-order chi connectivity index (χ1) is 5.38. The molecule has 2 aliphatic heterocycles. The minimum absolute atomic E-state index is 0. The van der Waals surface area contributed by atoms with Crippen molar-refractivity contribution in [3.8, 4) is 0 Å². The first-order valence-electron chi connectivity index (χ1n) is 3.37. The van der Waals surface area contributed by atoms with Crippen molar-refractivity contribution in [2.75, 3.05) is 6.67 Å². The topological polar surface area (TPSA) is 65.5 Å². The number of halogens is 2. The number of aliphatic imine (C=N–C) groups is 1. The summed E-state index contributed by atoms with van der Waals surface area (Å²) in [6, 6.07) is -0.325. The molecule has 0 aliphatic carbocycles. The van der Waals surface area contributed by atoms with Gasteiger partial charge < -0.3 is 16.0 Å². The quantitative estimate of drug-likeness (QED) is 0.513. The van der Waals surface area contributed by atoms with E-state index in [1.165, 1.54) is 0 Å². The fourth-order valence-electron chi connectivity index (χ4n) is 1.08. The Morgan fingerprint density at radius 1 is 1.38 bits per heavy atom. The smallest absolute Gasteiger partial charge is 0.251 e. The highest BCUT2D eigenvalue weighted by Crippen LogP contribution is 1.97. The third-order valence-corrected chi connectivity index (χ3v) is 1.62. The van der Waals surface area contributed by atoms with Gasteiger partial charge in [-0.25, -0.2) is 4.99 Å². The van der Waals surface area contributed by atoms with E-state index in [9.17, 15) is 4.79 Å². The lowest BCUT2D eigenvalue weighted by Gasteiger charge is -2.25. The van der Waals surface area contributed by atoms with Gasteiger partial charge in [-0.15, -0.1) is 24.8 Å². The Kier molecular flexibility index (Phi) is 4.58. The predicted molar refractivity (Wildman–Crippen MR) is 54.1 cm³/mol. The van der Waals surface area contributed by atoms with Crippen LogP contribution in [0.25, 0.3) is 0 Å². The van der Waals surface area contributed by atoms with E-state index in [4.69, 9.17) is 0 Å². The first kappa shape index (κ1) is 12.1. The summed E-state index contributed by atoms with van der Waals surface area (Å²) in [5.41, 5.74) is 0. The lowest BCUT2D eigenvalue weighted by atomic mass is 10.2. The van der Waals surface area contributed by atoms with E-state index in [-0.39, 0.29) is 36.8 Å². The SMILES string of the molecule is Cl.Cl.O=C1NCN=C2NC=CNC12. The highest BCUT2D eigenvalue weighted by molar-refractivity contribution is 6.09. The van der Waals surface area contributed by atoms with Gasteiger partial charge in [0.25, 0.3) is 5.91 Å². The summed E-state index contributed by atoms with van der Waals surface area (Å²) in [6.45, 7) is 0.368. The molecule has 7 heteroatoms. The van der Waals surface area contributed by atoms with Gasteiger partial charge in [-0.3, -0.25) is 4.79 Å². The van der Waals surface area contributed by atoms with Crippen LogP contribution in [0.1, 0.15) is 0 Å².